The number of nitrogens with zero attached hydrogens (tertiary/aromatic N) is 1. The van der Waals surface area contributed by atoms with Gasteiger partial charge in [-0.2, -0.15) is 0 Å². The molecule has 0 aromatic heterocycles. The SMILES string of the molecule is COc1cc(C=Nc2ccccc2C#CCCO[Si](C(C)C)(C(C)C)C(C)C)cc(OC)c1OC. The molecule has 0 unspecified atom stereocenters. The monoisotopic (exact) mass is 495 g/mol. The fourth-order valence-electron chi connectivity index (χ4n) is 4.95. The van der Waals surface area contributed by atoms with E-state index in [1.807, 2.05) is 36.4 Å². The Hall–Kier alpha value is -2.75. The van der Waals surface area contributed by atoms with Crippen LogP contribution in [0.4, 0.5) is 5.69 Å². The number of hydrogen-bond acceptors (Lipinski definition) is 5. The second-order valence-corrected chi connectivity index (χ2v) is 14.9. The molecule has 5 nitrogen and oxygen atoms in total. The average molecular weight is 496 g/mol. The molecule has 35 heavy (non-hydrogen) atoms. The highest BCUT2D eigenvalue weighted by atomic mass is 28.4. The van der Waals surface area contributed by atoms with Crippen LogP contribution in [0, 0.1) is 11.8 Å². The summed E-state index contributed by atoms with van der Waals surface area (Å²) >= 11 is 0. The minimum absolute atomic E-state index is 0.556. The molecule has 0 radical (unpaired) electrons. The van der Waals surface area contributed by atoms with Crippen LogP contribution in [0.25, 0.3) is 0 Å². The summed E-state index contributed by atoms with van der Waals surface area (Å²) in [5, 5.41) is 0. The summed E-state index contributed by atoms with van der Waals surface area (Å²) in [4.78, 5) is 4.69. The number of hydrogen-bond donors (Lipinski definition) is 0. The third-order valence-corrected chi connectivity index (χ3v) is 12.6. The van der Waals surface area contributed by atoms with E-state index in [0.717, 1.165) is 16.8 Å². The standard InChI is InChI=1S/C29H41NO4Si/c1-21(2)35(22(3)4,23(5)6)34-17-13-12-15-25-14-10-11-16-26(25)30-20-24-18-27(31-7)29(33-9)28(19-24)32-8/h10-11,14,16,18-23H,13,17H2,1-9H3. The van der Waals surface area contributed by atoms with E-state index in [0.29, 0.717) is 46.9 Å². The molecule has 0 N–H and O–H groups in total. The molecule has 2 rings (SSSR count). The van der Waals surface area contributed by atoms with Gasteiger partial charge >= 0.3 is 0 Å². The smallest absolute Gasteiger partial charge is 0.203 e. The molecule has 2 aromatic rings. The van der Waals surface area contributed by atoms with Crippen LogP contribution in [-0.2, 0) is 4.43 Å². The van der Waals surface area contributed by atoms with Crippen molar-refractivity contribution >= 4 is 20.2 Å². The van der Waals surface area contributed by atoms with E-state index < -0.39 is 8.32 Å². The van der Waals surface area contributed by atoms with E-state index in [1.165, 1.54) is 0 Å². The van der Waals surface area contributed by atoms with E-state index in [4.69, 9.17) is 18.6 Å². The molecule has 0 saturated heterocycles. The number of ether oxygens (including phenoxy) is 3. The minimum Gasteiger partial charge on any atom is -0.493 e. The highest BCUT2D eigenvalue weighted by molar-refractivity contribution is 6.77. The van der Waals surface area contributed by atoms with E-state index >= 15 is 0 Å². The predicted molar refractivity (Wildman–Crippen MR) is 148 cm³/mol. The van der Waals surface area contributed by atoms with Crippen LogP contribution in [0.15, 0.2) is 41.4 Å². The number of rotatable bonds is 11. The summed E-state index contributed by atoms with van der Waals surface area (Å²) < 4.78 is 22.9. The summed E-state index contributed by atoms with van der Waals surface area (Å²) in [5.41, 5.74) is 4.25. The Bertz CT molecular complexity index is 1000. The Morgan fingerprint density at radius 2 is 1.43 bits per heavy atom. The molecule has 0 saturated carbocycles. The second-order valence-electron chi connectivity index (χ2n) is 9.45. The summed E-state index contributed by atoms with van der Waals surface area (Å²) in [5.74, 6) is 8.32. The number of methoxy groups -OCH3 is 3. The zero-order valence-corrected chi connectivity index (χ0v) is 23.8. The molecule has 0 atom stereocenters. The van der Waals surface area contributed by atoms with Crippen LogP contribution in [0.5, 0.6) is 17.2 Å². The van der Waals surface area contributed by atoms with E-state index in [2.05, 4.69) is 58.4 Å². The Labute approximate surface area is 213 Å². The van der Waals surface area contributed by atoms with E-state index in [9.17, 15) is 0 Å². The molecular weight excluding hydrogens is 454 g/mol. The van der Waals surface area contributed by atoms with Gasteiger partial charge in [-0.1, -0.05) is 65.5 Å². The molecule has 6 heteroatoms. The van der Waals surface area contributed by atoms with Gasteiger partial charge in [-0.25, -0.2) is 0 Å². The van der Waals surface area contributed by atoms with Gasteiger partial charge in [0.1, 0.15) is 0 Å². The van der Waals surface area contributed by atoms with Gasteiger partial charge in [-0.3, -0.25) is 4.99 Å². The fourth-order valence-corrected chi connectivity index (χ4v) is 10.4. The lowest BCUT2D eigenvalue weighted by molar-refractivity contribution is 0.286. The first kappa shape index (κ1) is 28.5. The molecule has 0 spiro atoms. The van der Waals surface area contributed by atoms with Gasteiger partial charge in [0.05, 0.1) is 32.6 Å². The second kappa shape index (κ2) is 13.4. The molecule has 0 heterocycles. The number of aliphatic imine (C=N–C) groups is 1. The van der Waals surface area contributed by atoms with Gasteiger partial charge < -0.3 is 18.6 Å². The van der Waals surface area contributed by atoms with Gasteiger partial charge in [0, 0.05) is 24.8 Å². The summed E-state index contributed by atoms with van der Waals surface area (Å²) in [6.07, 6.45) is 2.48. The first-order chi connectivity index (χ1) is 16.7. The first-order valence-electron chi connectivity index (χ1n) is 12.3. The van der Waals surface area contributed by atoms with Crippen LogP contribution >= 0.6 is 0 Å². The normalized spacial score (nSPS) is 11.8. The largest absolute Gasteiger partial charge is 0.493 e. The van der Waals surface area contributed by atoms with Gasteiger partial charge in [0.25, 0.3) is 0 Å². The molecular formula is C29H41NO4Si. The molecule has 0 aliphatic heterocycles. The Kier molecular flexibility index (Phi) is 10.9. The minimum atomic E-state index is -1.86. The lowest BCUT2D eigenvalue weighted by Gasteiger charge is -2.42. The van der Waals surface area contributed by atoms with Crippen molar-refractivity contribution in [3.8, 4) is 29.1 Å². The summed E-state index contributed by atoms with van der Waals surface area (Å²) in [6.45, 7) is 14.5. The zero-order valence-electron chi connectivity index (χ0n) is 22.8. The van der Waals surface area contributed by atoms with Crippen molar-refractivity contribution in [1.82, 2.24) is 0 Å². The van der Waals surface area contributed by atoms with Crippen molar-refractivity contribution in [2.24, 2.45) is 4.99 Å². The average Bonchev–Trinajstić information content (AvgIpc) is 2.83. The lowest BCUT2D eigenvalue weighted by Crippen LogP contribution is -2.47. The van der Waals surface area contributed by atoms with Crippen LogP contribution < -0.4 is 14.2 Å². The summed E-state index contributed by atoms with van der Waals surface area (Å²) in [7, 11) is 2.93. The van der Waals surface area contributed by atoms with Crippen molar-refractivity contribution in [1.29, 1.82) is 0 Å². The third-order valence-electron chi connectivity index (χ3n) is 6.45. The molecule has 0 bridgehead atoms. The van der Waals surface area contributed by atoms with Crippen molar-refractivity contribution in [3.63, 3.8) is 0 Å². The maximum atomic E-state index is 6.62. The zero-order chi connectivity index (χ0) is 26.0. The van der Waals surface area contributed by atoms with E-state index in [1.54, 1.807) is 27.5 Å². The van der Waals surface area contributed by atoms with Gasteiger partial charge in [-0.15, -0.1) is 0 Å². The Balaban J connectivity index is 2.18. The van der Waals surface area contributed by atoms with Crippen LogP contribution in [0.1, 0.15) is 59.1 Å². The van der Waals surface area contributed by atoms with Crippen molar-refractivity contribution in [3.05, 3.63) is 47.5 Å². The first-order valence-corrected chi connectivity index (χ1v) is 14.4. The fraction of sp³-hybridized carbons (Fsp3) is 0.483. The molecule has 190 valence electrons. The number of para-hydroxylation sites is 1. The highest BCUT2D eigenvalue weighted by Crippen LogP contribution is 2.42. The van der Waals surface area contributed by atoms with Crippen LogP contribution in [0.2, 0.25) is 16.6 Å². The van der Waals surface area contributed by atoms with Gasteiger partial charge in [-0.05, 0) is 40.9 Å². The van der Waals surface area contributed by atoms with Crippen molar-refractivity contribution < 1.29 is 18.6 Å². The maximum absolute atomic E-state index is 6.62. The highest BCUT2D eigenvalue weighted by Gasteiger charge is 2.44. The quantitative estimate of drug-likeness (QED) is 0.141. The number of benzene rings is 2. The molecule has 0 fully saturated rings. The topological polar surface area (TPSA) is 49.3 Å². The van der Waals surface area contributed by atoms with Crippen molar-refractivity contribution in [2.45, 2.75) is 64.6 Å². The molecule has 0 amide bonds. The van der Waals surface area contributed by atoms with Crippen LogP contribution in [0.3, 0.4) is 0 Å². The van der Waals surface area contributed by atoms with E-state index in [-0.39, 0.29) is 0 Å². The Morgan fingerprint density at radius 1 is 0.857 bits per heavy atom. The third kappa shape index (κ3) is 6.90. The molecule has 0 aliphatic rings. The lowest BCUT2D eigenvalue weighted by atomic mass is 10.1. The van der Waals surface area contributed by atoms with Gasteiger partial charge in [0.2, 0.25) is 5.75 Å². The van der Waals surface area contributed by atoms with Crippen LogP contribution in [-0.4, -0.2) is 42.5 Å². The maximum Gasteiger partial charge on any atom is 0.203 e. The summed E-state index contributed by atoms with van der Waals surface area (Å²) in [6, 6.07) is 11.6. The molecule has 2 aromatic carbocycles. The van der Waals surface area contributed by atoms with Crippen molar-refractivity contribution in [2.75, 3.05) is 27.9 Å². The van der Waals surface area contributed by atoms with Gasteiger partial charge in [0.15, 0.2) is 19.8 Å². The predicted octanol–water partition coefficient (Wildman–Crippen LogP) is 7.40. The molecule has 0 aliphatic carbocycles. The Morgan fingerprint density at radius 3 is 1.94 bits per heavy atom.